The van der Waals surface area contributed by atoms with E-state index in [4.69, 9.17) is 27.9 Å². The molecule has 9 heteroatoms. The summed E-state index contributed by atoms with van der Waals surface area (Å²) >= 11 is 10.7. The summed E-state index contributed by atoms with van der Waals surface area (Å²) < 4.78 is 33.1. The van der Waals surface area contributed by atoms with Crippen LogP contribution in [0.1, 0.15) is 12.8 Å². The highest BCUT2D eigenvalue weighted by Gasteiger charge is 2.29. The lowest BCUT2D eigenvalue weighted by molar-refractivity contribution is -0.114. The number of rotatable bonds is 8. The maximum absolute atomic E-state index is 12.9. The Labute approximate surface area is 155 Å². The normalized spacial score (nSPS) is 12.8. The number of carbonyl (C=O) groups is 2. The number of hydrogen-bond donors (Lipinski definition) is 1. The second-order valence-electron chi connectivity index (χ2n) is 5.19. The van der Waals surface area contributed by atoms with E-state index in [2.05, 4.69) is 4.72 Å². The molecule has 0 fully saturated rings. The Hall–Kier alpha value is -1.67. The van der Waals surface area contributed by atoms with Gasteiger partial charge >= 0.3 is 0 Å². The van der Waals surface area contributed by atoms with Gasteiger partial charge in [0.2, 0.25) is 20.5 Å². The second kappa shape index (κ2) is 8.14. The fourth-order valence-electron chi connectivity index (χ4n) is 2.38. The van der Waals surface area contributed by atoms with E-state index in [9.17, 15) is 18.0 Å². The SMILES string of the molecule is COc1ccc2ccccc2c1S(=O)(=O)NC(CCC(=O)Cl)C(=O)Cl. The van der Waals surface area contributed by atoms with Crippen molar-refractivity contribution in [1.29, 1.82) is 0 Å². The van der Waals surface area contributed by atoms with Gasteiger partial charge in [0.05, 0.1) is 13.2 Å². The van der Waals surface area contributed by atoms with Crippen molar-refractivity contribution in [1.82, 2.24) is 4.72 Å². The second-order valence-corrected chi connectivity index (χ2v) is 7.63. The molecule has 0 aliphatic rings. The number of ether oxygens (including phenoxy) is 1. The summed E-state index contributed by atoms with van der Waals surface area (Å²) in [5.74, 6) is 0.125. The molecule has 0 aliphatic carbocycles. The van der Waals surface area contributed by atoms with Gasteiger partial charge in [-0.1, -0.05) is 30.3 Å². The molecule has 0 aliphatic heterocycles. The summed E-state index contributed by atoms with van der Waals surface area (Å²) in [6.45, 7) is 0. The minimum Gasteiger partial charge on any atom is -0.495 e. The van der Waals surface area contributed by atoms with E-state index in [1.54, 1.807) is 30.3 Å². The van der Waals surface area contributed by atoms with Crippen LogP contribution in [0, 0.1) is 0 Å². The highest BCUT2D eigenvalue weighted by Crippen LogP contribution is 2.32. The molecule has 6 nitrogen and oxygen atoms in total. The van der Waals surface area contributed by atoms with Crippen LogP contribution in [0.2, 0.25) is 0 Å². The maximum Gasteiger partial charge on any atom is 0.245 e. The zero-order valence-corrected chi connectivity index (χ0v) is 15.5. The van der Waals surface area contributed by atoms with Crippen LogP contribution < -0.4 is 9.46 Å². The standard InChI is InChI=1S/C16H15Cl2NO5S/c1-24-13-8-6-10-4-2-3-5-11(10)15(13)25(22,23)19-12(16(18)21)7-9-14(17)20/h2-6,8,12,19H,7,9H2,1H3. The molecule has 0 saturated heterocycles. The number of sulfonamides is 1. The summed E-state index contributed by atoms with van der Waals surface area (Å²) in [6, 6.07) is 8.82. The van der Waals surface area contributed by atoms with E-state index in [1.807, 2.05) is 0 Å². The van der Waals surface area contributed by atoms with Crippen LogP contribution in [-0.2, 0) is 19.6 Å². The van der Waals surface area contributed by atoms with Crippen LogP contribution in [0.3, 0.4) is 0 Å². The Bertz CT molecular complexity index is 914. The van der Waals surface area contributed by atoms with Crippen LogP contribution in [0.15, 0.2) is 41.3 Å². The van der Waals surface area contributed by atoms with Gasteiger partial charge in [-0.2, -0.15) is 4.72 Å². The van der Waals surface area contributed by atoms with Gasteiger partial charge < -0.3 is 4.74 Å². The van der Waals surface area contributed by atoms with E-state index < -0.39 is 26.5 Å². The molecule has 1 unspecified atom stereocenters. The first-order valence-electron chi connectivity index (χ1n) is 7.22. The Kier molecular flexibility index (Phi) is 6.40. The largest absolute Gasteiger partial charge is 0.495 e. The van der Waals surface area contributed by atoms with Crippen molar-refractivity contribution in [3.8, 4) is 5.75 Å². The van der Waals surface area contributed by atoms with Crippen LogP contribution in [0.4, 0.5) is 0 Å². The number of carbonyl (C=O) groups excluding carboxylic acids is 2. The predicted molar refractivity (Wildman–Crippen MR) is 95.6 cm³/mol. The van der Waals surface area contributed by atoms with Crippen molar-refractivity contribution in [2.24, 2.45) is 0 Å². The molecule has 0 bridgehead atoms. The third-order valence-electron chi connectivity index (χ3n) is 3.53. The molecule has 2 rings (SSSR count). The van der Waals surface area contributed by atoms with Crippen molar-refractivity contribution in [2.75, 3.05) is 7.11 Å². The van der Waals surface area contributed by atoms with Gasteiger partial charge in [-0.25, -0.2) is 8.42 Å². The van der Waals surface area contributed by atoms with E-state index in [1.165, 1.54) is 13.2 Å². The summed E-state index contributed by atoms with van der Waals surface area (Å²) in [7, 11) is -2.81. The fourth-order valence-corrected chi connectivity index (χ4v) is 4.33. The average molecular weight is 404 g/mol. The molecule has 2 aromatic rings. The highest BCUT2D eigenvalue weighted by molar-refractivity contribution is 7.90. The predicted octanol–water partition coefficient (Wildman–Crippen LogP) is 2.81. The number of halogens is 2. The van der Waals surface area contributed by atoms with Crippen LogP contribution in [-0.4, -0.2) is 32.1 Å². The van der Waals surface area contributed by atoms with Gasteiger partial charge in [0.15, 0.2) is 0 Å². The first-order valence-corrected chi connectivity index (χ1v) is 9.46. The molecule has 0 heterocycles. The number of nitrogens with one attached hydrogen (secondary N) is 1. The molecule has 1 atom stereocenters. The quantitative estimate of drug-likeness (QED) is 0.684. The summed E-state index contributed by atoms with van der Waals surface area (Å²) in [6.07, 6.45) is -0.336. The molecule has 0 saturated carbocycles. The topological polar surface area (TPSA) is 89.5 Å². The first-order chi connectivity index (χ1) is 11.8. The molecule has 2 aromatic carbocycles. The van der Waals surface area contributed by atoms with Crippen LogP contribution in [0.25, 0.3) is 10.8 Å². The number of benzene rings is 2. The van der Waals surface area contributed by atoms with Gasteiger partial charge in [0.25, 0.3) is 0 Å². The minimum absolute atomic E-state index is 0.104. The Morgan fingerprint density at radius 3 is 2.44 bits per heavy atom. The van der Waals surface area contributed by atoms with E-state index >= 15 is 0 Å². The summed E-state index contributed by atoms with van der Waals surface area (Å²) in [5, 5.41) is -0.498. The van der Waals surface area contributed by atoms with Gasteiger partial charge in [0.1, 0.15) is 10.6 Å². The van der Waals surface area contributed by atoms with Gasteiger partial charge in [-0.15, -0.1) is 0 Å². The van der Waals surface area contributed by atoms with Gasteiger partial charge in [-0.3, -0.25) is 9.59 Å². The van der Waals surface area contributed by atoms with E-state index in [0.29, 0.717) is 10.8 Å². The van der Waals surface area contributed by atoms with E-state index in [0.717, 1.165) is 0 Å². The molecule has 25 heavy (non-hydrogen) atoms. The minimum atomic E-state index is -4.16. The highest BCUT2D eigenvalue weighted by atomic mass is 35.5. The first kappa shape index (κ1) is 19.7. The lowest BCUT2D eigenvalue weighted by Gasteiger charge is -2.17. The van der Waals surface area contributed by atoms with Crippen LogP contribution >= 0.6 is 23.2 Å². The molecular formula is C16H15Cl2NO5S. The lowest BCUT2D eigenvalue weighted by atomic mass is 10.1. The molecule has 0 radical (unpaired) electrons. The van der Waals surface area contributed by atoms with Crippen molar-refractivity contribution in [3.63, 3.8) is 0 Å². The van der Waals surface area contributed by atoms with Gasteiger partial charge in [0, 0.05) is 11.8 Å². The Morgan fingerprint density at radius 2 is 1.84 bits per heavy atom. The third kappa shape index (κ3) is 4.70. The number of methoxy groups -OCH3 is 1. The summed E-state index contributed by atoms with van der Waals surface area (Å²) in [5.41, 5.74) is 0. The fraction of sp³-hybridized carbons (Fsp3) is 0.250. The summed E-state index contributed by atoms with van der Waals surface area (Å²) in [4.78, 5) is 22.3. The van der Waals surface area contributed by atoms with Crippen molar-refractivity contribution >= 4 is 54.5 Å². The molecule has 0 spiro atoms. The zero-order chi connectivity index (χ0) is 18.6. The molecule has 0 amide bonds. The number of fused-ring (bicyclic) bond motifs is 1. The lowest BCUT2D eigenvalue weighted by Crippen LogP contribution is -2.39. The van der Waals surface area contributed by atoms with Crippen LogP contribution in [0.5, 0.6) is 5.75 Å². The number of hydrogen-bond acceptors (Lipinski definition) is 5. The van der Waals surface area contributed by atoms with E-state index in [-0.39, 0.29) is 23.5 Å². The smallest absolute Gasteiger partial charge is 0.245 e. The molecule has 134 valence electrons. The molecule has 0 aromatic heterocycles. The molecular weight excluding hydrogens is 389 g/mol. The maximum atomic E-state index is 12.9. The van der Waals surface area contributed by atoms with Crippen molar-refractivity contribution in [3.05, 3.63) is 36.4 Å². The average Bonchev–Trinajstić information content (AvgIpc) is 2.56. The van der Waals surface area contributed by atoms with Gasteiger partial charge in [-0.05, 0) is 41.1 Å². The van der Waals surface area contributed by atoms with Crippen molar-refractivity contribution in [2.45, 2.75) is 23.8 Å². The Morgan fingerprint density at radius 1 is 1.16 bits per heavy atom. The monoisotopic (exact) mass is 403 g/mol. The third-order valence-corrected chi connectivity index (χ3v) is 5.54. The van der Waals surface area contributed by atoms with Crippen molar-refractivity contribution < 1.29 is 22.7 Å². The Balaban J connectivity index is 2.49. The molecule has 1 N–H and O–H groups in total. The zero-order valence-electron chi connectivity index (χ0n) is 13.2.